The lowest BCUT2D eigenvalue weighted by Crippen LogP contribution is -2.38. The Morgan fingerprint density at radius 1 is 1.24 bits per heavy atom. The Morgan fingerprint density at radius 3 is 2.90 bits per heavy atom. The van der Waals surface area contributed by atoms with Gasteiger partial charge in [-0.05, 0) is 17.7 Å². The minimum atomic E-state index is -0.517. The van der Waals surface area contributed by atoms with Gasteiger partial charge in [-0.3, -0.25) is 0 Å². The van der Waals surface area contributed by atoms with Crippen molar-refractivity contribution < 1.29 is 14.6 Å². The van der Waals surface area contributed by atoms with Crippen LogP contribution in [-0.2, 0) is 0 Å². The Hall–Kier alpha value is -0.950. The van der Waals surface area contributed by atoms with Gasteiger partial charge in [0.2, 0.25) is 6.79 Å². The number of ether oxygens (including phenoxy) is 2. The van der Waals surface area contributed by atoms with Crippen molar-refractivity contribution in [1.29, 1.82) is 0 Å². The van der Waals surface area contributed by atoms with Crippen LogP contribution in [-0.4, -0.2) is 61.0 Å². The van der Waals surface area contributed by atoms with E-state index in [2.05, 4.69) is 10.2 Å². The second kappa shape index (κ2) is 7.35. The molecule has 0 bridgehead atoms. The summed E-state index contributed by atoms with van der Waals surface area (Å²) >= 11 is 2.03. The van der Waals surface area contributed by atoms with Gasteiger partial charge in [0.15, 0.2) is 11.5 Å². The summed E-state index contributed by atoms with van der Waals surface area (Å²) in [5.41, 5.74) is 0.862. The number of aliphatic hydroxyl groups excluding tert-OH is 1. The van der Waals surface area contributed by atoms with Gasteiger partial charge in [-0.25, -0.2) is 0 Å². The highest BCUT2D eigenvalue weighted by atomic mass is 32.2. The highest BCUT2D eigenvalue weighted by Gasteiger charge is 2.16. The van der Waals surface area contributed by atoms with Crippen molar-refractivity contribution in [3.05, 3.63) is 23.8 Å². The minimum Gasteiger partial charge on any atom is -0.454 e. The number of nitrogens with zero attached hydrogens (tertiary/aromatic N) is 1. The second-order valence-corrected chi connectivity index (χ2v) is 6.51. The molecule has 1 unspecified atom stereocenters. The molecule has 0 radical (unpaired) electrons. The summed E-state index contributed by atoms with van der Waals surface area (Å²) in [5, 5.41) is 13.5. The lowest BCUT2D eigenvalue weighted by Gasteiger charge is -2.26. The summed E-state index contributed by atoms with van der Waals surface area (Å²) in [7, 11) is 0. The van der Waals surface area contributed by atoms with E-state index in [9.17, 15) is 5.11 Å². The van der Waals surface area contributed by atoms with Gasteiger partial charge >= 0.3 is 0 Å². The Kier molecular flexibility index (Phi) is 5.24. The van der Waals surface area contributed by atoms with Crippen molar-refractivity contribution in [3.8, 4) is 11.5 Å². The molecule has 5 nitrogen and oxygen atoms in total. The average Bonchev–Trinajstić information content (AvgIpc) is 3.00. The van der Waals surface area contributed by atoms with Crippen molar-refractivity contribution in [3.63, 3.8) is 0 Å². The van der Waals surface area contributed by atoms with Crippen LogP contribution in [0.2, 0.25) is 0 Å². The van der Waals surface area contributed by atoms with Gasteiger partial charge in [0.1, 0.15) is 0 Å². The summed E-state index contributed by atoms with van der Waals surface area (Å²) in [4.78, 5) is 2.47. The van der Waals surface area contributed by atoms with E-state index < -0.39 is 6.10 Å². The van der Waals surface area contributed by atoms with Gasteiger partial charge in [0, 0.05) is 44.2 Å². The van der Waals surface area contributed by atoms with E-state index >= 15 is 0 Å². The van der Waals surface area contributed by atoms with Crippen molar-refractivity contribution in [2.45, 2.75) is 6.10 Å². The van der Waals surface area contributed by atoms with Crippen LogP contribution in [0.1, 0.15) is 11.7 Å². The predicted octanol–water partition coefficient (Wildman–Crippen LogP) is 1.09. The third kappa shape index (κ3) is 4.03. The maximum absolute atomic E-state index is 10.2. The first-order chi connectivity index (χ1) is 10.3. The van der Waals surface area contributed by atoms with E-state index in [1.807, 2.05) is 30.0 Å². The molecule has 0 spiro atoms. The van der Waals surface area contributed by atoms with E-state index in [4.69, 9.17) is 9.47 Å². The molecular weight excluding hydrogens is 288 g/mol. The summed E-state index contributed by atoms with van der Waals surface area (Å²) < 4.78 is 10.6. The van der Waals surface area contributed by atoms with Gasteiger partial charge in [0.05, 0.1) is 6.10 Å². The standard InChI is InChI=1S/C15H22N2O3S/c18-13(10-16-3-4-17-5-7-21-8-6-17)12-1-2-14-15(9-12)20-11-19-14/h1-2,9,13,16,18H,3-8,10-11H2. The van der Waals surface area contributed by atoms with Crippen LogP contribution >= 0.6 is 11.8 Å². The molecule has 116 valence electrons. The number of fused-ring (bicyclic) bond motifs is 1. The van der Waals surface area contributed by atoms with Crippen molar-refractivity contribution in [2.24, 2.45) is 0 Å². The highest BCUT2D eigenvalue weighted by molar-refractivity contribution is 7.99. The summed E-state index contributed by atoms with van der Waals surface area (Å²) in [6.07, 6.45) is -0.517. The van der Waals surface area contributed by atoms with Gasteiger partial charge in [0.25, 0.3) is 0 Å². The molecular formula is C15H22N2O3S. The van der Waals surface area contributed by atoms with Gasteiger partial charge in [-0.1, -0.05) is 6.07 Å². The molecule has 1 atom stereocenters. The monoisotopic (exact) mass is 310 g/mol. The van der Waals surface area contributed by atoms with Crippen LogP contribution in [0.4, 0.5) is 0 Å². The Balaban J connectivity index is 1.40. The molecule has 0 saturated carbocycles. The Morgan fingerprint density at radius 2 is 2.05 bits per heavy atom. The van der Waals surface area contributed by atoms with Crippen LogP contribution in [0.3, 0.4) is 0 Å². The SMILES string of the molecule is OC(CNCCN1CCSCC1)c1ccc2c(c1)OCO2. The van der Waals surface area contributed by atoms with Crippen LogP contribution in [0, 0.1) is 0 Å². The first kappa shape index (κ1) is 15.0. The highest BCUT2D eigenvalue weighted by Crippen LogP contribution is 2.34. The van der Waals surface area contributed by atoms with Gasteiger partial charge in [-0.15, -0.1) is 0 Å². The molecule has 2 aliphatic rings. The minimum absolute atomic E-state index is 0.265. The molecule has 0 amide bonds. The van der Waals surface area contributed by atoms with Crippen LogP contribution < -0.4 is 14.8 Å². The fourth-order valence-electron chi connectivity index (χ4n) is 2.54. The van der Waals surface area contributed by atoms with E-state index in [0.717, 1.165) is 30.2 Å². The number of benzene rings is 1. The predicted molar refractivity (Wildman–Crippen MR) is 84.2 cm³/mol. The Labute approximate surface area is 129 Å². The molecule has 2 heterocycles. The van der Waals surface area contributed by atoms with Crippen molar-refractivity contribution in [2.75, 3.05) is 51.0 Å². The van der Waals surface area contributed by atoms with E-state index in [1.165, 1.54) is 24.6 Å². The average molecular weight is 310 g/mol. The molecule has 1 saturated heterocycles. The lowest BCUT2D eigenvalue weighted by atomic mass is 10.1. The third-order valence-corrected chi connectivity index (χ3v) is 4.77. The molecule has 1 fully saturated rings. The first-order valence-corrected chi connectivity index (χ1v) is 8.57. The normalized spacial score (nSPS) is 19.7. The molecule has 2 N–H and O–H groups in total. The maximum Gasteiger partial charge on any atom is 0.231 e. The zero-order valence-electron chi connectivity index (χ0n) is 12.1. The van der Waals surface area contributed by atoms with Crippen LogP contribution in [0.5, 0.6) is 11.5 Å². The van der Waals surface area contributed by atoms with Gasteiger partial charge < -0.3 is 24.8 Å². The van der Waals surface area contributed by atoms with Crippen LogP contribution in [0.25, 0.3) is 0 Å². The zero-order valence-corrected chi connectivity index (χ0v) is 12.9. The lowest BCUT2D eigenvalue weighted by molar-refractivity contribution is 0.169. The zero-order chi connectivity index (χ0) is 14.5. The van der Waals surface area contributed by atoms with Crippen LogP contribution in [0.15, 0.2) is 18.2 Å². The van der Waals surface area contributed by atoms with Crippen molar-refractivity contribution in [1.82, 2.24) is 10.2 Å². The number of thioether (sulfide) groups is 1. The summed E-state index contributed by atoms with van der Waals surface area (Å²) in [6.45, 7) is 5.14. The summed E-state index contributed by atoms with van der Waals surface area (Å²) in [5.74, 6) is 3.94. The largest absolute Gasteiger partial charge is 0.454 e. The molecule has 2 aliphatic heterocycles. The number of nitrogens with one attached hydrogen (secondary N) is 1. The van der Waals surface area contributed by atoms with E-state index in [1.54, 1.807) is 0 Å². The molecule has 0 aromatic heterocycles. The van der Waals surface area contributed by atoms with Crippen molar-refractivity contribution >= 4 is 11.8 Å². The fraction of sp³-hybridized carbons (Fsp3) is 0.600. The molecule has 1 aromatic rings. The number of hydrogen-bond acceptors (Lipinski definition) is 6. The number of aliphatic hydroxyl groups is 1. The number of rotatable bonds is 6. The smallest absolute Gasteiger partial charge is 0.231 e. The second-order valence-electron chi connectivity index (χ2n) is 5.29. The van der Waals surface area contributed by atoms with E-state index in [-0.39, 0.29) is 6.79 Å². The fourth-order valence-corrected chi connectivity index (χ4v) is 3.52. The maximum atomic E-state index is 10.2. The summed E-state index contributed by atoms with van der Waals surface area (Å²) in [6, 6.07) is 5.60. The molecule has 1 aromatic carbocycles. The van der Waals surface area contributed by atoms with E-state index in [0.29, 0.717) is 6.54 Å². The molecule has 21 heavy (non-hydrogen) atoms. The molecule has 3 rings (SSSR count). The first-order valence-electron chi connectivity index (χ1n) is 7.41. The number of hydrogen-bond donors (Lipinski definition) is 2. The molecule has 6 heteroatoms. The quantitative estimate of drug-likeness (QED) is 0.767. The van der Waals surface area contributed by atoms with Gasteiger partial charge in [-0.2, -0.15) is 11.8 Å². The Bertz CT molecular complexity index is 466. The third-order valence-electron chi connectivity index (χ3n) is 3.83. The molecule has 0 aliphatic carbocycles. The topological polar surface area (TPSA) is 54.0 Å².